The number of aromatic nitrogens is 3. The van der Waals surface area contributed by atoms with Crippen LogP contribution < -0.4 is 20.3 Å². The van der Waals surface area contributed by atoms with Gasteiger partial charge in [0.2, 0.25) is 5.91 Å². The monoisotopic (exact) mass is 668 g/mol. The molecule has 2 saturated heterocycles. The number of ether oxygens (including phenoxy) is 1. The van der Waals surface area contributed by atoms with Crippen molar-refractivity contribution in [2.45, 2.75) is 45.7 Å². The highest BCUT2D eigenvalue weighted by atomic mass is 19.1. The summed E-state index contributed by atoms with van der Waals surface area (Å²) in [5, 5.41) is 6.36. The van der Waals surface area contributed by atoms with Gasteiger partial charge in [0, 0.05) is 30.2 Å². The van der Waals surface area contributed by atoms with E-state index in [-0.39, 0.29) is 41.7 Å². The molecule has 2 aliphatic heterocycles. The van der Waals surface area contributed by atoms with E-state index in [9.17, 15) is 23.6 Å². The van der Waals surface area contributed by atoms with Gasteiger partial charge in [0.1, 0.15) is 34.2 Å². The Labute approximate surface area is 282 Å². The summed E-state index contributed by atoms with van der Waals surface area (Å²) in [6.45, 7) is 6.70. The lowest BCUT2D eigenvalue weighted by Crippen LogP contribution is -2.66. The van der Waals surface area contributed by atoms with Crippen LogP contribution in [0.3, 0.4) is 0 Å². The van der Waals surface area contributed by atoms with Crippen molar-refractivity contribution in [2.24, 2.45) is 5.41 Å². The maximum absolute atomic E-state index is 13.7. The van der Waals surface area contributed by atoms with E-state index in [1.165, 1.54) is 42.4 Å². The first-order valence-corrected chi connectivity index (χ1v) is 16.0. The minimum absolute atomic E-state index is 0.0834. The lowest BCUT2D eigenvalue weighted by molar-refractivity contribution is -0.140. The highest BCUT2D eigenvalue weighted by molar-refractivity contribution is 6.25. The van der Waals surface area contributed by atoms with Crippen LogP contribution in [0.1, 0.15) is 44.1 Å². The topological polar surface area (TPSA) is 150 Å². The van der Waals surface area contributed by atoms with E-state index in [1.54, 1.807) is 38.2 Å². The van der Waals surface area contributed by atoms with Crippen LogP contribution in [0, 0.1) is 11.2 Å². The molecule has 0 radical (unpaired) electrons. The number of carbonyl (C=O) groups is 4. The van der Waals surface area contributed by atoms with Crippen molar-refractivity contribution in [3.05, 3.63) is 78.6 Å². The molecule has 49 heavy (non-hydrogen) atoms. The van der Waals surface area contributed by atoms with Crippen molar-refractivity contribution < 1.29 is 28.3 Å². The van der Waals surface area contributed by atoms with Crippen LogP contribution in [0.4, 0.5) is 20.7 Å². The summed E-state index contributed by atoms with van der Waals surface area (Å²) in [5.74, 6) is -1.26. The number of halogens is 1. The van der Waals surface area contributed by atoms with Crippen LogP contribution in [-0.4, -0.2) is 87.3 Å². The quantitative estimate of drug-likeness (QED) is 0.257. The minimum Gasteiger partial charge on any atom is -0.455 e. The molecular formula is C35H37FN8O5. The van der Waals surface area contributed by atoms with Gasteiger partial charge in [-0.15, -0.1) is 0 Å². The van der Waals surface area contributed by atoms with Crippen molar-refractivity contribution in [3.8, 4) is 11.5 Å². The van der Waals surface area contributed by atoms with E-state index in [0.29, 0.717) is 22.4 Å². The van der Waals surface area contributed by atoms with Crippen molar-refractivity contribution in [1.82, 2.24) is 30.1 Å². The molecule has 6 rings (SSSR count). The third-order valence-corrected chi connectivity index (χ3v) is 8.89. The van der Waals surface area contributed by atoms with Gasteiger partial charge in [-0.3, -0.25) is 19.4 Å². The Hall–Kier alpha value is -5.50. The number of benzene rings is 1. The molecule has 0 bridgehead atoms. The Morgan fingerprint density at radius 3 is 2.41 bits per heavy atom. The number of pyridine rings is 3. The van der Waals surface area contributed by atoms with Gasteiger partial charge < -0.3 is 25.2 Å². The maximum atomic E-state index is 13.7. The number of nitrogens with zero attached hydrogens (tertiary/aromatic N) is 6. The number of carbonyl (C=O) groups excluding carboxylic acids is 4. The van der Waals surface area contributed by atoms with Crippen LogP contribution in [0.25, 0.3) is 10.9 Å². The maximum Gasteiger partial charge on any atom is 0.331 e. The molecule has 1 atom stereocenters. The molecule has 0 spiro atoms. The molecular weight excluding hydrogens is 631 g/mol. The van der Waals surface area contributed by atoms with E-state index < -0.39 is 29.1 Å². The van der Waals surface area contributed by atoms with Gasteiger partial charge in [-0.1, -0.05) is 0 Å². The number of piperidine rings is 1. The molecule has 1 aromatic carbocycles. The molecule has 4 aromatic rings. The fourth-order valence-corrected chi connectivity index (χ4v) is 5.87. The third kappa shape index (κ3) is 6.90. The van der Waals surface area contributed by atoms with Crippen molar-refractivity contribution >= 4 is 46.2 Å². The number of imide groups is 1. The summed E-state index contributed by atoms with van der Waals surface area (Å²) >= 11 is 0. The molecule has 14 heteroatoms. The zero-order valence-electron chi connectivity index (χ0n) is 27.6. The minimum atomic E-state index is -1.68. The van der Waals surface area contributed by atoms with Crippen molar-refractivity contribution in [1.29, 1.82) is 0 Å². The average Bonchev–Trinajstić information content (AvgIpc) is 3.09. The Balaban J connectivity index is 1.17. The van der Waals surface area contributed by atoms with Gasteiger partial charge in [-0.2, -0.15) is 0 Å². The van der Waals surface area contributed by atoms with E-state index in [0.717, 1.165) is 43.0 Å². The van der Waals surface area contributed by atoms with Gasteiger partial charge in [-0.25, -0.2) is 24.1 Å². The Bertz CT molecular complexity index is 1900. The molecule has 5 amide bonds. The molecule has 5 heterocycles. The lowest BCUT2D eigenvalue weighted by Gasteiger charge is -2.44. The molecule has 13 nitrogen and oxygen atoms in total. The molecule has 1 unspecified atom stereocenters. The van der Waals surface area contributed by atoms with E-state index in [1.807, 2.05) is 0 Å². The summed E-state index contributed by atoms with van der Waals surface area (Å²) in [6, 6.07) is 10.5. The van der Waals surface area contributed by atoms with Crippen molar-refractivity contribution in [2.75, 3.05) is 36.9 Å². The Morgan fingerprint density at radius 2 is 1.73 bits per heavy atom. The van der Waals surface area contributed by atoms with Gasteiger partial charge in [-0.05, 0) is 102 Å². The van der Waals surface area contributed by atoms with Crippen molar-refractivity contribution in [3.63, 3.8) is 0 Å². The van der Waals surface area contributed by atoms with Crippen LogP contribution in [0.15, 0.2) is 67.1 Å². The number of anilines is 2. The van der Waals surface area contributed by atoms with Gasteiger partial charge in [0.15, 0.2) is 0 Å². The largest absolute Gasteiger partial charge is 0.455 e. The standard InChI is InChI=1S/C35H37FN8O5/c1-21(2)43-20-35(3,33(47)44(34(43)48)24-7-5-22(36)6-8-24)32(46)41-30-10-9-25(18-39-30)49-29-11-14-37-28-19-38-27(17-26(28)29)31(45)40-23-12-15-42(4)16-13-23/h5-11,14,17-19,21,23H,12-13,15-16,20H2,1-4H3,(H,40,45)(H,39,41,46). The van der Waals surface area contributed by atoms with Gasteiger partial charge in [0.05, 0.1) is 23.6 Å². The number of hydrogen-bond donors (Lipinski definition) is 2. The third-order valence-electron chi connectivity index (χ3n) is 8.89. The van der Waals surface area contributed by atoms with Crippen LogP contribution in [0.5, 0.6) is 11.5 Å². The zero-order valence-corrected chi connectivity index (χ0v) is 27.6. The van der Waals surface area contributed by atoms with Gasteiger partial charge in [0.25, 0.3) is 11.8 Å². The summed E-state index contributed by atoms with van der Waals surface area (Å²) in [4.78, 5) is 71.3. The van der Waals surface area contributed by atoms with Crippen LogP contribution in [0.2, 0.25) is 0 Å². The highest BCUT2D eigenvalue weighted by Gasteiger charge is 2.53. The fraction of sp³-hybridized carbons (Fsp3) is 0.343. The summed E-state index contributed by atoms with van der Waals surface area (Å²) < 4.78 is 19.7. The zero-order chi connectivity index (χ0) is 34.9. The number of rotatable bonds is 8. The molecule has 2 N–H and O–H groups in total. The second-order valence-corrected chi connectivity index (χ2v) is 12.8. The predicted molar refractivity (Wildman–Crippen MR) is 180 cm³/mol. The Kier molecular flexibility index (Phi) is 9.24. The molecule has 3 aromatic heterocycles. The lowest BCUT2D eigenvalue weighted by atomic mass is 9.84. The highest BCUT2D eigenvalue weighted by Crippen LogP contribution is 2.34. The molecule has 0 aliphatic carbocycles. The molecule has 2 aliphatic rings. The second kappa shape index (κ2) is 13.5. The first-order valence-electron chi connectivity index (χ1n) is 16.0. The summed E-state index contributed by atoms with van der Waals surface area (Å²) in [6.07, 6.45) is 6.25. The number of urea groups is 1. The predicted octanol–water partition coefficient (Wildman–Crippen LogP) is 4.60. The molecule has 254 valence electrons. The number of likely N-dealkylation sites (tertiary alicyclic amines) is 1. The molecule has 0 saturated carbocycles. The van der Waals surface area contributed by atoms with Crippen LogP contribution >= 0.6 is 0 Å². The summed E-state index contributed by atoms with van der Waals surface area (Å²) in [7, 11) is 2.06. The van der Waals surface area contributed by atoms with Crippen LogP contribution in [-0.2, 0) is 9.59 Å². The van der Waals surface area contributed by atoms with Gasteiger partial charge >= 0.3 is 6.03 Å². The number of hydrogen-bond acceptors (Lipinski definition) is 9. The normalized spacial score (nSPS) is 19.0. The summed E-state index contributed by atoms with van der Waals surface area (Å²) in [5.41, 5.74) is -0.726. The number of fused-ring (bicyclic) bond motifs is 1. The van der Waals surface area contributed by atoms with E-state index in [2.05, 4.69) is 37.5 Å². The molecule has 2 fully saturated rings. The second-order valence-electron chi connectivity index (χ2n) is 12.8. The van der Waals surface area contributed by atoms with E-state index in [4.69, 9.17) is 4.74 Å². The number of nitrogens with one attached hydrogen (secondary N) is 2. The fourth-order valence-electron chi connectivity index (χ4n) is 5.87. The SMILES string of the molecule is CC(C)N1CC(C)(C(=O)Nc2ccc(Oc3ccnc4cnc(C(=O)NC5CCN(C)CC5)cc34)cn2)C(=O)N(c2ccc(F)cc2)C1=O. The van der Waals surface area contributed by atoms with E-state index >= 15 is 0 Å². The average molecular weight is 669 g/mol. The smallest absolute Gasteiger partial charge is 0.331 e. The first kappa shape index (κ1) is 33.4. The Morgan fingerprint density at radius 1 is 1.00 bits per heavy atom. The first-order chi connectivity index (χ1) is 23.4. The number of amides is 5.